The highest BCUT2D eigenvalue weighted by atomic mass is 32.2. The van der Waals surface area contributed by atoms with Crippen molar-refractivity contribution in [2.75, 3.05) is 52.8 Å². The number of thiazole rings is 1. The first-order chi connectivity index (χ1) is 13.9. The van der Waals surface area contributed by atoms with Crippen LogP contribution in [0.15, 0.2) is 29.6 Å². The molecule has 2 aliphatic heterocycles. The summed E-state index contributed by atoms with van der Waals surface area (Å²) in [4.78, 5) is 21.3. The van der Waals surface area contributed by atoms with Gasteiger partial charge in [-0.15, -0.1) is 11.3 Å². The Morgan fingerprint density at radius 2 is 1.79 bits per heavy atom. The molecule has 29 heavy (non-hydrogen) atoms. The maximum atomic E-state index is 12.8. The molecule has 156 valence electrons. The van der Waals surface area contributed by atoms with Gasteiger partial charge in [-0.2, -0.15) is 0 Å². The normalized spacial score (nSPS) is 19.9. The van der Waals surface area contributed by atoms with Gasteiger partial charge in [-0.1, -0.05) is 12.1 Å². The number of sulfone groups is 1. The highest BCUT2D eigenvalue weighted by Gasteiger charge is 2.25. The molecule has 0 bridgehead atoms. The number of nitrogens with one attached hydrogen (secondary N) is 1. The third kappa shape index (κ3) is 4.71. The number of aliphatic hydroxyl groups excluding tert-OH is 1. The van der Waals surface area contributed by atoms with Crippen molar-refractivity contribution in [1.82, 2.24) is 4.98 Å². The Labute approximate surface area is 174 Å². The molecule has 0 unspecified atom stereocenters. The minimum atomic E-state index is -2.96. The second-order valence-electron chi connectivity index (χ2n) is 7.34. The molecule has 0 aliphatic carbocycles. The average molecular weight is 437 g/mol. The molecule has 1 aromatic carbocycles. The first-order valence-corrected chi connectivity index (χ1v) is 12.4. The van der Waals surface area contributed by atoms with Crippen molar-refractivity contribution in [2.45, 2.75) is 18.9 Å². The van der Waals surface area contributed by atoms with E-state index in [-0.39, 0.29) is 23.5 Å². The van der Waals surface area contributed by atoms with Crippen LogP contribution < -0.4 is 15.1 Å². The Kier molecular flexibility index (Phi) is 5.75. The van der Waals surface area contributed by atoms with Crippen molar-refractivity contribution < 1.29 is 18.3 Å². The van der Waals surface area contributed by atoms with Crippen LogP contribution in [-0.4, -0.2) is 68.2 Å². The van der Waals surface area contributed by atoms with Crippen LogP contribution in [-0.2, 0) is 9.84 Å². The molecule has 0 spiro atoms. The van der Waals surface area contributed by atoms with E-state index in [4.69, 9.17) is 0 Å². The van der Waals surface area contributed by atoms with E-state index < -0.39 is 9.84 Å². The lowest BCUT2D eigenvalue weighted by Gasteiger charge is -2.32. The van der Waals surface area contributed by atoms with Gasteiger partial charge in [0.2, 0.25) is 0 Å². The quantitative estimate of drug-likeness (QED) is 0.750. The summed E-state index contributed by atoms with van der Waals surface area (Å²) in [5.41, 5.74) is 1.97. The van der Waals surface area contributed by atoms with Crippen LogP contribution in [0.5, 0.6) is 0 Å². The van der Waals surface area contributed by atoms with Crippen molar-refractivity contribution in [3.63, 3.8) is 0 Å². The van der Waals surface area contributed by atoms with Crippen LogP contribution in [0.4, 0.5) is 16.5 Å². The predicted octanol–water partition coefficient (Wildman–Crippen LogP) is 1.59. The van der Waals surface area contributed by atoms with Crippen molar-refractivity contribution in [1.29, 1.82) is 0 Å². The Hall–Kier alpha value is -2.17. The van der Waals surface area contributed by atoms with E-state index in [0.29, 0.717) is 42.4 Å². The zero-order valence-corrected chi connectivity index (χ0v) is 17.6. The maximum absolute atomic E-state index is 12.8. The molecule has 1 aromatic heterocycles. The van der Waals surface area contributed by atoms with Crippen LogP contribution in [0.2, 0.25) is 0 Å². The van der Waals surface area contributed by atoms with E-state index in [9.17, 15) is 18.3 Å². The lowest BCUT2D eigenvalue weighted by Crippen LogP contribution is -2.40. The number of anilines is 3. The van der Waals surface area contributed by atoms with Gasteiger partial charge in [0.1, 0.15) is 5.69 Å². The molecule has 2 saturated heterocycles. The molecule has 2 aromatic rings. The Balaban J connectivity index is 1.45. The van der Waals surface area contributed by atoms with Gasteiger partial charge in [-0.05, 0) is 25.0 Å². The summed E-state index contributed by atoms with van der Waals surface area (Å²) in [5.74, 6) is -0.0560. The second-order valence-corrected chi connectivity index (χ2v) is 10.5. The van der Waals surface area contributed by atoms with Gasteiger partial charge in [-0.25, -0.2) is 13.4 Å². The molecule has 0 radical (unpaired) electrons. The first kappa shape index (κ1) is 20.1. The number of carbonyl (C=O) groups is 1. The predicted molar refractivity (Wildman–Crippen MR) is 115 cm³/mol. The molecule has 2 aliphatic rings. The zero-order valence-electron chi connectivity index (χ0n) is 16.0. The fourth-order valence-electron chi connectivity index (χ4n) is 3.57. The molecular weight excluding hydrogens is 412 g/mol. The van der Waals surface area contributed by atoms with Gasteiger partial charge in [0.25, 0.3) is 5.91 Å². The van der Waals surface area contributed by atoms with Gasteiger partial charge in [-0.3, -0.25) is 4.79 Å². The number of benzene rings is 1. The van der Waals surface area contributed by atoms with Gasteiger partial charge in [0.15, 0.2) is 15.0 Å². The monoisotopic (exact) mass is 436 g/mol. The number of carbonyl (C=O) groups excluding carboxylic acids is 1. The van der Waals surface area contributed by atoms with Gasteiger partial charge in [0, 0.05) is 31.6 Å². The summed E-state index contributed by atoms with van der Waals surface area (Å²) < 4.78 is 23.2. The minimum Gasteiger partial charge on any atom is -0.393 e. The fraction of sp³-hybridized carbons (Fsp3) is 0.474. The first-order valence-electron chi connectivity index (χ1n) is 9.65. The SMILES string of the molecule is O=C(Nc1ccccc1N1CCC(O)CC1)c1csc(N2CCS(=O)(=O)CC2)n1. The molecule has 2 N–H and O–H groups in total. The van der Waals surface area contributed by atoms with Crippen molar-refractivity contribution in [3.05, 3.63) is 35.3 Å². The summed E-state index contributed by atoms with van der Waals surface area (Å²) in [6.07, 6.45) is 1.17. The largest absolute Gasteiger partial charge is 0.393 e. The van der Waals surface area contributed by atoms with Crippen molar-refractivity contribution >= 4 is 43.6 Å². The maximum Gasteiger partial charge on any atom is 0.275 e. The van der Waals surface area contributed by atoms with Gasteiger partial charge < -0.3 is 20.2 Å². The van der Waals surface area contributed by atoms with E-state index in [1.54, 1.807) is 5.38 Å². The Morgan fingerprint density at radius 3 is 2.52 bits per heavy atom. The van der Waals surface area contributed by atoms with Crippen LogP contribution >= 0.6 is 11.3 Å². The molecule has 0 atom stereocenters. The topological polar surface area (TPSA) is 103 Å². The lowest BCUT2D eigenvalue weighted by atomic mass is 10.1. The smallest absolute Gasteiger partial charge is 0.275 e. The van der Waals surface area contributed by atoms with Crippen LogP contribution in [0.3, 0.4) is 0 Å². The lowest BCUT2D eigenvalue weighted by molar-refractivity contribution is 0.102. The van der Waals surface area contributed by atoms with Crippen LogP contribution in [0.1, 0.15) is 23.3 Å². The third-order valence-corrected chi connectivity index (χ3v) is 7.81. The summed E-state index contributed by atoms with van der Waals surface area (Å²) in [6.45, 7) is 2.29. The van der Waals surface area contributed by atoms with E-state index in [0.717, 1.165) is 18.8 Å². The molecule has 0 saturated carbocycles. The molecule has 2 fully saturated rings. The fourth-order valence-corrected chi connectivity index (χ4v) is 5.63. The number of hydrogen-bond acceptors (Lipinski definition) is 8. The number of aromatic nitrogens is 1. The average Bonchev–Trinajstić information content (AvgIpc) is 3.19. The number of hydrogen-bond donors (Lipinski definition) is 2. The molecule has 3 heterocycles. The van der Waals surface area contributed by atoms with E-state index in [1.807, 2.05) is 29.2 Å². The number of aliphatic hydroxyl groups is 1. The number of piperidine rings is 1. The summed E-state index contributed by atoms with van der Waals surface area (Å²) in [6, 6.07) is 7.63. The van der Waals surface area contributed by atoms with E-state index in [2.05, 4.69) is 15.2 Å². The van der Waals surface area contributed by atoms with Crippen molar-refractivity contribution in [3.8, 4) is 0 Å². The zero-order chi connectivity index (χ0) is 20.4. The Bertz CT molecular complexity index is 970. The molecule has 4 rings (SSSR count). The van der Waals surface area contributed by atoms with E-state index >= 15 is 0 Å². The minimum absolute atomic E-state index is 0.117. The number of nitrogens with zero attached hydrogens (tertiary/aromatic N) is 3. The molecule has 1 amide bonds. The number of para-hydroxylation sites is 2. The molecule has 10 heteroatoms. The summed E-state index contributed by atoms with van der Waals surface area (Å²) >= 11 is 1.35. The highest BCUT2D eigenvalue weighted by Crippen LogP contribution is 2.29. The third-order valence-electron chi connectivity index (χ3n) is 5.30. The molecular formula is C19H24N4O4S2. The number of amides is 1. The van der Waals surface area contributed by atoms with E-state index in [1.165, 1.54) is 11.3 Å². The van der Waals surface area contributed by atoms with Gasteiger partial charge in [0.05, 0.1) is 29.0 Å². The summed E-state index contributed by atoms with van der Waals surface area (Å²) in [5, 5.41) is 15.1. The standard InChI is InChI=1S/C19H24N4O4S2/c24-14-5-7-22(8-6-14)17-4-2-1-3-15(17)20-18(25)16-13-28-19(21-16)23-9-11-29(26,27)12-10-23/h1-4,13-14,24H,5-12H2,(H,20,25). The number of rotatable bonds is 4. The second kappa shape index (κ2) is 8.29. The van der Waals surface area contributed by atoms with Gasteiger partial charge >= 0.3 is 0 Å². The van der Waals surface area contributed by atoms with Crippen LogP contribution in [0, 0.1) is 0 Å². The summed E-state index contributed by atoms with van der Waals surface area (Å²) in [7, 11) is -2.96. The van der Waals surface area contributed by atoms with Crippen LogP contribution in [0.25, 0.3) is 0 Å². The van der Waals surface area contributed by atoms with Crippen molar-refractivity contribution in [2.24, 2.45) is 0 Å². The highest BCUT2D eigenvalue weighted by molar-refractivity contribution is 7.91. The Morgan fingerprint density at radius 1 is 1.10 bits per heavy atom. The molecule has 8 nitrogen and oxygen atoms in total.